The molecule has 0 radical (unpaired) electrons. The molecule has 0 saturated heterocycles. The highest BCUT2D eigenvalue weighted by Crippen LogP contribution is 2.33. The van der Waals surface area contributed by atoms with Gasteiger partial charge >= 0.3 is 0 Å². The van der Waals surface area contributed by atoms with Crippen molar-refractivity contribution in [1.82, 2.24) is 14.5 Å². The maximum Gasteiger partial charge on any atom is 0.274 e. The third-order valence-electron chi connectivity index (χ3n) is 6.21. The topological polar surface area (TPSA) is 69.0 Å². The van der Waals surface area contributed by atoms with Crippen molar-refractivity contribution in [2.24, 2.45) is 0 Å². The first kappa shape index (κ1) is 23.2. The Bertz CT molecular complexity index is 1510. The zero-order valence-corrected chi connectivity index (χ0v) is 20.0. The third-order valence-corrected chi connectivity index (χ3v) is 6.21. The number of hydrogen-bond acceptors (Lipinski definition) is 4. The van der Waals surface area contributed by atoms with Gasteiger partial charge in [0.15, 0.2) is 0 Å². The fourth-order valence-corrected chi connectivity index (χ4v) is 4.17. The first-order chi connectivity index (χ1) is 17.5. The Morgan fingerprint density at radius 3 is 2.50 bits per heavy atom. The smallest absolute Gasteiger partial charge is 0.274 e. The lowest BCUT2D eigenvalue weighted by Crippen LogP contribution is -2.15. The zero-order chi connectivity index (χ0) is 25.1. The number of halogens is 1. The molecule has 180 valence electrons. The number of benzene rings is 2. The van der Waals surface area contributed by atoms with E-state index in [0.717, 1.165) is 33.3 Å². The van der Waals surface area contributed by atoms with Crippen molar-refractivity contribution in [1.29, 1.82) is 0 Å². The van der Waals surface area contributed by atoms with Crippen LogP contribution in [0, 0.1) is 19.7 Å². The molecule has 5 aromatic rings. The van der Waals surface area contributed by atoms with E-state index in [-0.39, 0.29) is 24.0 Å². The quantitative estimate of drug-likeness (QED) is 0.307. The second kappa shape index (κ2) is 10.00. The van der Waals surface area contributed by atoms with Gasteiger partial charge in [0, 0.05) is 23.8 Å². The maximum atomic E-state index is 13.4. The third kappa shape index (κ3) is 4.81. The van der Waals surface area contributed by atoms with Gasteiger partial charge in [-0.05, 0) is 60.9 Å². The van der Waals surface area contributed by atoms with Crippen LogP contribution in [-0.4, -0.2) is 20.4 Å². The van der Waals surface area contributed by atoms with E-state index in [4.69, 9.17) is 4.74 Å². The van der Waals surface area contributed by atoms with Gasteiger partial charge < -0.3 is 14.6 Å². The molecule has 0 bridgehead atoms. The number of pyridine rings is 2. The van der Waals surface area contributed by atoms with Crippen LogP contribution in [0.15, 0.2) is 85.2 Å². The Balaban J connectivity index is 1.58. The van der Waals surface area contributed by atoms with Crippen molar-refractivity contribution < 1.29 is 13.9 Å². The van der Waals surface area contributed by atoms with Crippen molar-refractivity contribution in [2.75, 3.05) is 5.32 Å². The number of amides is 1. The summed E-state index contributed by atoms with van der Waals surface area (Å²) in [6.07, 6.45) is 3.22. The van der Waals surface area contributed by atoms with Crippen LogP contribution in [0.25, 0.3) is 10.9 Å². The van der Waals surface area contributed by atoms with Crippen LogP contribution in [0.4, 0.5) is 10.1 Å². The number of fused-ring (bicyclic) bond motifs is 1. The molecule has 2 aromatic carbocycles. The lowest BCUT2D eigenvalue weighted by Gasteiger charge is -2.14. The van der Waals surface area contributed by atoms with Gasteiger partial charge in [-0.2, -0.15) is 0 Å². The van der Waals surface area contributed by atoms with Gasteiger partial charge in [0.1, 0.15) is 23.6 Å². The second-order valence-corrected chi connectivity index (χ2v) is 8.60. The second-order valence-electron chi connectivity index (χ2n) is 8.60. The van der Waals surface area contributed by atoms with E-state index in [1.54, 1.807) is 42.7 Å². The number of carbonyl (C=O) groups is 1. The average Bonchev–Trinajstić information content (AvgIpc) is 3.14. The molecule has 0 aliphatic heterocycles. The van der Waals surface area contributed by atoms with Gasteiger partial charge in [-0.3, -0.25) is 9.78 Å². The number of aryl methyl sites for hydroxylation is 1. The van der Waals surface area contributed by atoms with Crippen LogP contribution < -0.4 is 10.1 Å². The van der Waals surface area contributed by atoms with E-state index in [9.17, 15) is 9.18 Å². The summed E-state index contributed by atoms with van der Waals surface area (Å²) >= 11 is 0. The summed E-state index contributed by atoms with van der Waals surface area (Å²) in [5.74, 6) is -0.319. The standard InChI is InChI=1S/C29H25FN4O2/c1-19-20(2)34(17-21-7-4-3-5-8-21)27-25(19)15-26(28(35)32-24-9-6-14-31-16-24)33-29(27)36-18-22-10-12-23(30)13-11-22/h3-16H,17-18H2,1-2H3,(H,32,35). The number of ether oxygens (including phenoxy) is 1. The largest absolute Gasteiger partial charge is 0.471 e. The summed E-state index contributed by atoms with van der Waals surface area (Å²) in [6.45, 7) is 4.90. The molecule has 0 atom stereocenters. The highest BCUT2D eigenvalue weighted by Gasteiger charge is 2.21. The molecule has 0 aliphatic carbocycles. The number of anilines is 1. The highest BCUT2D eigenvalue weighted by molar-refractivity contribution is 6.05. The minimum absolute atomic E-state index is 0.185. The van der Waals surface area contributed by atoms with Crippen molar-refractivity contribution in [3.8, 4) is 5.88 Å². The fourth-order valence-electron chi connectivity index (χ4n) is 4.17. The lowest BCUT2D eigenvalue weighted by molar-refractivity contribution is 0.102. The summed E-state index contributed by atoms with van der Waals surface area (Å²) in [6, 6.07) is 21.6. The van der Waals surface area contributed by atoms with E-state index in [2.05, 4.69) is 38.9 Å². The summed E-state index contributed by atoms with van der Waals surface area (Å²) in [5, 5.41) is 3.74. The first-order valence-corrected chi connectivity index (χ1v) is 11.6. The minimum Gasteiger partial charge on any atom is -0.471 e. The summed E-state index contributed by atoms with van der Waals surface area (Å²) < 4.78 is 21.7. The fraction of sp³-hybridized carbons (Fsp3) is 0.138. The number of nitrogens with zero attached hydrogens (tertiary/aromatic N) is 3. The number of aromatic nitrogens is 3. The molecule has 3 heterocycles. The van der Waals surface area contributed by atoms with E-state index >= 15 is 0 Å². The molecule has 1 amide bonds. The Labute approximate surface area is 208 Å². The Morgan fingerprint density at radius 2 is 1.78 bits per heavy atom. The monoisotopic (exact) mass is 480 g/mol. The molecule has 6 nitrogen and oxygen atoms in total. The molecule has 36 heavy (non-hydrogen) atoms. The average molecular weight is 481 g/mol. The van der Waals surface area contributed by atoms with Gasteiger partial charge in [-0.25, -0.2) is 9.37 Å². The molecule has 0 aliphatic rings. The van der Waals surface area contributed by atoms with Crippen molar-refractivity contribution in [3.63, 3.8) is 0 Å². The molecule has 0 fully saturated rings. The Hall–Kier alpha value is -4.52. The predicted molar refractivity (Wildman–Crippen MR) is 138 cm³/mol. The highest BCUT2D eigenvalue weighted by atomic mass is 19.1. The lowest BCUT2D eigenvalue weighted by atomic mass is 10.1. The van der Waals surface area contributed by atoms with Gasteiger partial charge in [-0.1, -0.05) is 42.5 Å². The zero-order valence-electron chi connectivity index (χ0n) is 20.0. The molecular weight excluding hydrogens is 455 g/mol. The molecule has 1 N–H and O–H groups in total. The van der Waals surface area contributed by atoms with Crippen LogP contribution in [0.1, 0.15) is 32.9 Å². The van der Waals surface area contributed by atoms with Crippen LogP contribution in [0.3, 0.4) is 0 Å². The SMILES string of the molecule is Cc1c(C)n(Cc2ccccc2)c2c(OCc3ccc(F)cc3)nc(C(=O)Nc3cccnc3)cc12. The molecule has 0 unspecified atom stereocenters. The number of carbonyl (C=O) groups excluding carboxylic acids is 1. The molecule has 3 aromatic heterocycles. The number of rotatable bonds is 7. The Kier molecular flexibility index (Phi) is 6.45. The van der Waals surface area contributed by atoms with Crippen molar-refractivity contribution in [3.05, 3.63) is 119 Å². The van der Waals surface area contributed by atoms with Crippen molar-refractivity contribution in [2.45, 2.75) is 27.0 Å². The van der Waals surface area contributed by atoms with Gasteiger partial charge in [0.25, 0.3) is 5.91 Å². The van der Waals surface area contributed by atoms with Gasteiger partial charge in [-0.15, -0.1) is 0 Å². The van der Waals surface area contributed by atoms with Crippen LogP contribution >= 0.6 is 0 Å². The van der Waals surface area contributed by atoms with E-state index in [1.807, 2.05) is 25.1 Å². The number of hydrogen-bond donors (Lipinski definition) is 1. The van der Waals surface area contributed by atoms with Gasteiger partial charge in [0.05, 0.1) is 11.9 Å². The minimum atomic E-state index is -0.357. The van der Waals surface area contributed by atoms with Gasteiger partial charge in [0.2, 0.25) is 5.88 Å². The van der Waals surface area contributed by atoms with E-state index in [1.165, 1.54) is 12.1 Å². The predicted octanol–water partition coefficient (Wildman–Crippen LogP) is 6.07. The van der Waals surface area contributed by atoms with Crippen LogP contribution in [0.5, 0.6) is 5.88 Å². The summed E-state index contributed by atoms with van der Waals surface area (Å²) in [4.78, 5) is 21.8. The van der Waals surface area contributed by atoms with E-state index < -0.39 is 0 Å². The molecule has 7 heteroatoms. The van der Waals surface area contributed by atoms with Crippen LogP contribution in [-0.2, 0) is 13.2 Å². The molecule has 0 saturated carbocycles. The first-order valence-electron chi connectivity index (χ1n) is 11.6. The molecular formula is C29H25FN4O2. The maximum absolute atomic E-state index is 13.4. The molecule has 0 spiro atoms. The number of nitrogens with one attached hydrogen (secondary N) is 1. The van der Waals surface area contributed by atoms with Crippen LogP contribution in [0.2, 0.25) is 0 Å². The van der Waals surface area contributed by atoms with Crippen molar-refractivity contribution >= 4 is 22.5 Å². The summed E-state index contributed by atoms with van der Waals surface area (Å²) in [7, 11) is 0. The van der Waals surface area contributed by atoms with E-state index in [0.29, 0.717) is 18.1 Å². The molecule has 5 rings (SSSR count). The normalized spacial score (nSPS) is 11.0. The summed E-state index contributed by atoms with van der Waals surface area (Å²) in [5.41, 5.74) is 5.67. The Morgan fingerprint density at radius 1 is 1.00 bits per heavy atom.